The first kappa shape index (κ1) is 13.9. The fourth-order valence-electron chi connectivity index (χ4n) is 3.12. The molecule has 20 heavy (non-hydrogen) atoms. The molecule has 2 atom stereocenters. The monoisotopic (exact) mass is 344 g/mol. The van der Waals surface area contributed by atoms with Gasteiger partial charge in [0.05, 0.1) is 0 Å². The second kappa shape index (κ2) is 5.41. The molecule has 6 heteroatoms. The molecule has 2 fully saturated rings. The lowest BCUT2D eigenvalue weighted by molar-refractivity contribution is 0.0776. The summed E-state index contributed by atoms with van der Waals surface area (Å²) in [6.07, 6.45) is 2.15. The van der Waals surface area contributed by atoms with E-state index in [1.807, 2.05) is 0 Å². The van der Waals surface area contributed by atoms with Gasteiger partial charge in [-0.3, -0.25) is 4.79 Å². The van der Waals surface area contributed by atoms with Crippen LogP contribution in [0.15, 0.2) is 16.6 Å². The van der Waals surface area contributed by atoms with Gasteiger partial charge in [-0.15, -0.1) is 0 Å². The number of likely N-dealkylation sites (tertiary alicyclic amines) is 1. The van der Waals surface area contributed by atoms with Crippen molar-refractivity contribution in [2.45, 2.75) is 18.9 Å². The van der Waals surface area contributed by atoms with E-state index >= 15 is 0 Å². The van der Waals surface area contributed by atoms with Crippen molar-refractivity contribution in [1.29, 1.82) is 0 Å². The Morgan fingerprint density at radius 3 is 2.65 bits per heavy atom. The average Bonchev–Trinajstić information content (AvgIpc) is 2.81. The maximum atomic E-state index is 13.9. The Balaban J connectivity index is 1.83. The SMILES string of the molecule is O=C(c1c(F)cc(Br)cc1F)N1CC2CCCNC2C1. The maximum absolute atomic E-state index is 13.9. The molecule has 2 saturated heterocycles. The summed E-state index contributed by atoms with van der Waals surface area (Å²) in [5, 5.41) is 3.37. The molecule has 1 N–H and O–H groups in total. The van der Waals surface area contributed by atoms with Crippen LogP contribution in [0.4, 0.5) is 8.78 Å². The number of fused-ring (bicyclic) bond motifs is 1. The molecule has 1 aromatic rings. The highest BCUT2D eigenvalue weighted by Gasteiger charge is 2.38. The molecule has 3 rings (SSSR count). The first-order chi connectivity index (χ1) is 9.56. The molecule has 2 aliphatic rings. The predicted octanol–water partition coefficient (Wildman–Crippen LogP) is 2.55. The molecular weight excluding hydrogens is 330 g/mol. The van der Waals surface area contributed by atoms with Crippen LogP contribution in [0.2, 0.25) is 0 Å². The first-order valence-electron chi connectivity index (χ1n) is 6.73. The highest BCUT2D eigenvalue weighted by Crippen LogP contribution is 2.28. The van der Waals surface area contributed by atoms with Crippen LogP contribution in [-0.4, -0.2) is 36.5 Å². The maximum Gasteiger partial charge on any atom is 0.259 e. The van der Waals surface area contributed by atoms with Gasteiger partial charge in [0.2, 0.25) is 0 Å². The van der Waals surface area contributed by atoms with Crippen LogP contribution in [0.5, 0.6) is 0 Å². The van der Waals surface area contributed by atoms with Crippen LogP contribution in [0.3, 0.4) is 0 Å². The average molecular weight is 345 g/mol. The first-order valence-corrected chi connectivity index (χ1v) is 7.53. The van der Waals surface area contributed by atoms with E-state index in [4.69, 9.17) is 0 Å². The van der Waals surface area contributed by atoms with Crippen molar-refractivity contribution >= 4 is 21.8 Å². The third kappa shape index (κ3) is 2.46. The normalized spacial score (nSPS) is 25.6. The van der Waals surface area contributed by atoms with E-state index in [1.165, 1.54) is 0 Å². The van der Waals surface area contributed by atoms with Gasteiger partial charge in [-0.25, -0.2) is 8.78 Å². The van der Waals surface area contributed by atoms with Crippen LogP contribution >= 0.6 is 15.9 Å². The number of hydrogen-bond donors (Lipinski definition) is 1. The molecule has 0 spiro atoms. The van der Waals surface area contributed by atoms with E-state index in [0.717, 1.165) is 31.5 Å². The molecule has 0 radical (unpaired) electrons. The van der Waals surface area contributed by atoms with Crippen molar-refractivity contribution in [3.8, 4) is 0 Å². The fraction of sp³-hybridized carbons (Fsp3) is 0.500. The third-order valence-electron chi connectivity index (χ3n) is 4.11. The van der Waals surface area contributed by atoms with Gasteiger partial charge in [-0.05, 0) is 37.4 Å². The van der Waals surface area contributed by atoms with Crippen molar-refractivity contribution in [2.24, 2.45) is 5.92 Å². The number of piperidine rings is 1. The smallest absolute Gasteiger partial charge is 0.259 e. The Kier molecular flexibility index (Phi) is 3.77. The van der Waals surface area contributed by atoms with Gasteiger partial charge in [0, 0.05) is 23.6 Å². The molecule has 1 amide bonds. The summed E-state index contributed by atoms with van der Waals surface area (Å²) in [5.41, 5.74) is -0.452. The number of carbonyl (C=O) groups excluding carboxylic acids is 1. The molecule has 1 aromatic carbocycles. The van der Waals surface area contributed by atoms with Crippen LogP contribution in [-0.2, 0) is 0 Å². The molecular formula is C14H15BrF2N2O. The molecule has 2 aliphatic heterocycles. The number of halogens is 3. The Bertz CT molecular complexity index is 515. The minimum atomic E-state index is -0.815. The minimum absolute atomic E-state index is 0.259. The lowest BCUT2D eigenvalue weighted by Gasteiger charge is -2.24. The van der Waals surface area contributed by atoms with E-state index < -0.39 is 23.1 Å². The largest absolute Gasteiger partial charge is 0.337 e. The van der Waals surface area contributed by atoms with Gasteiger partial charge >= 0.3 is 0 Å². The number of nitrogens with zero attached hydrogens (tertiary/aromatic N) is 1. The summed E-state index contributed by atoms with van der Waals surface area (Å²) in [7, 11) is 0. The van der Waals surface area contributed by atoms with Gasteiger partial charge in [0.25, 0.3) is 5.91 Å². The van der Waals surface area contributed by atoms with Crippen LogP contribution in [0.1, 0.15) is 23.2 Å². The van der Waals surface area contributed by atoms with Gasteiger partial charge in [-0.1, -0.05) is 15.9 Å². The molecule has 0 saturated carbocycles. The topological polar surface area (TPSA) is 32.3 Å². The van der Waals surface area contributed by atoms with E-state index in [0.29, 0.717) is 23.5 Å². The molecule has 0 aromatic heterocycles. The number of nitrogens with one attached hydrogen (secondary N) is 1. The number of hydrogen-bond acceptors (Lipinski definition) is 2. The van der Waals surface area contributed by atoms with Gasteiger partial charge in [0.1, 0.15) is 17.2 Å². The highest BCUT2D eigenvalue weighted by atomic mass is 79.9. The van der Waals surface area contributed by atoms with Crippen molar-refractivity contribution < 1.29 is 13.6 Å². The van der Waals surface area contributed by atoms with Crippen LogP contribution in [0.25, 0.3) is 0 Å². The molecule has 2 heterocycles. The third-order valence-corrected chi connectivity index (χ3v) is 4.57. The Labute approximate surface area is 124 Å². The van der Waals surface area contributed by atoms with Crippen molar-refractivity contribution in [1.82, 2.24) is 10.2 Å². The zero-order chi connectivity index (χ0) is 14.3. The number of benzene rings is 1. The Morgan fingerprint density at radius 1 is 1.30 bits per heavy atom. The summed E-state index contributed by atoms with van der Waals surface area (Å²) in [4.78, 5) is 13.9. The van der Waals surface area contributed by atoms with Crippen molar-refractivity contribution in [3.05, 3.63) is 33.8 Å². The molecule has 0 bridgehead atoms. The second-order valence-corrected chi connectivity index (χ2v) is 6.33. The van der Waals surface area contributed by atoms with Gasteiger partial charge in [-0.2, -0.15) is 0 Å². The molecule has 2 unspecified atom stereocenters. The number of rotatable bonds is 1. The Hall–Kier alpha value is -1.01. The summed E-state index contributed by atoms with van der Waals surface area (Å²) in [5.74, 6) is -1.78. The van der Waals surface area contributed by atoms with E-state index in [1.54, 1.807) is 4.90 Å². The second-order valence-electron chi connectivity index (χ2n) is 5.42. The van der Waals surface area contributed by atoms with E-state index in [-0.39, 0.29) is 6.04 Å². The van der Waals surface area contributed by atoms with E-state index in [2.05, 4.69) is 21.2 Å². The lowest BCUT2D eigenvalue weighted by Crippen LogP contribution is -2.41. The van der Waals surface area contributed by atoms with Crippen LogP contribution in [0, 0.1) is 17.6 Å². The highest BCUT2D eigenvalue weighted by molar-refractivity contribution is 9.10. The molecule has 3 nitrogen and oxygen atoms in total. The van der Waals surface area contributed by atoms with E-state index in [9.17, 15) is 13.6 Å². The van der Waals surface area contributed by atoms with Crippen molar-refractivity contribution in [3.63, 3.8) is 0 Å². The fourth-order valence-corrected chi connectivity index (χ4v) is 3.52. The van der Waals surface area contributed by atoms with Gasteiger partial charge < -0.3 is 10.2 Å². The summed E-state index contributed by atoms with van der Waals surface area (Å²) in [6.45, 7) is 2.05. The summed E-state index contributed by atoms with van der Waals surface area (Å²) < 4.78 is 28.0. The van der Waals surface area contributed by atoms with Crippen molar-refractivity contribution in [2.75, 3.05) is 19.6 Å². The summed E-state index contributed by atoms with van der Waals surface area (Å²) >= 11 is 3.01. The standard InChI is InChI=1S/C14H15BrF2N2O/c15-9-4-10(16)13(11(17)5-9)14(20)19-6-8-2-1-3-18-12(8)7-19/h4-5,8,12,18H,1-3,6-7H2. The molecule has 108 valence electrons. The lowest BCUT2D eigenvalue weighted by atomic mass is 9.94. The zero-order valence-corrected chi connectivity index (χ0v) is 12.4. The zero-order valence-electron chi connectivity index (χ0n) is 10.8. The number of carbonyl (C=O) groups is 1. The van der Waals surface area contributed by atoms with Gasteiger partial charge in [0.15, 0.2) is 0 Å². The Morgan fingerprint density at radius 2 is 2.00 bits per heavy atom. The van der Waals surface area contributed by atoms with Crippen LogP contribution < -0.4 is 5.32 Å². The minimum Gasteiger partial charge on any atom is -0.337 e. The summed E-state index contributed by atoms with van der Waals surface area (Å²) in [6, 6.07) is 2.50. The molecule has 0 aliphatic carbocycles. The predicted molar refractivity (Wildman–Crippen MR) is 74.5 cm³/mol. The number of amides is 1. The quantitative estimate of drug-likeness (QED) is 0.849.